The Morgan fingerprint density at radius 3 is 2.07 bits per heavy atom. The Morgan fingerprint density at radius 1 is 0.833 bits per heavy atom. The van der Waals surface area contributed by atoms with Crippen molar-refractivity contribution in [3.63, 3.8) is 0 Å². The summed E-state index contributed by atoms with van der Waals surface area (Å²) >= 11 is 0. The highest BCUT2D eigenvalue weighted by Gasteiger charge is 2.16. The molecule has 0 radical (unpaired) electrons. The van der Waals surface area contributed by atoms with Crippen LogP contribution < -0.4 is 14.8 Å². The molecular formula is C23H24N2O4S. The maximum atomic E-state index is 12.6. The lowest BCUT2D eigenvalue weighted by Crippen LogP contribution is -2.15. The van der Waals surface area contributed by atoms with Crippen LogP contribution in [0.4, 0.5) is 11.4 Å². The minimum Gasteiger partial charge on any atom is -0.497 e. The lowest BCUT2D eigenvalue weighted by molar-refractivity contribution is 0.102. The molecule has 2 N–H and O–H groups in total. The van der Waals surface area contributed by atoms with Crippen LogP contribution in [0.3, 0.4) is 0 Å². The van der Waals surface area contributed by atoms with Crippen LogP contribution in [0.15, 0.2) is 65.6 Å². The van der Waals surface area contributed by atoms with Crippen LogP contribution in [0.2, 0.25) is 0 Å². The van der Waals surface area contributed by atoms with Crippen LogP contribution in [0.25, 0.3) is 0 Å². The topological polar surface area (TPSA) is 84.5 Å². The molecule has 7 heteroatoms. The molecule has 0 fully saturated rings. The Kier molecular flexibility index (Phi) is 6.12. The number of methoxy groups -OCH3 is 1. The maximum Gasteiger partial charge on any atom is 0.261 e. The number of carbonyl (C=O) groups excluding carboxylic acids is 1. The number of sulfonamides is 1. The SMILES string of the molecule is COc1ccc(S(=O)(=O)Nc2ccc(C(=O)Nc3ccc(C)cc3C)cc2C)cc1. The fraction of sp³-hybridized carbons (Fsp3) is 0.174. The molecule has 30 heavy (non-hydrogen) atoms. The number of rotatable bonds is 6. The molecule has 0 aliphatic rings. The van der Waals surface area contributed by atoms with Crippen molar-refractivity contribution in [1.82, 2.24) is 0 Å². The van der Waals surface area contributed by atoms with Crippen molar-refractivity contribution >= 4 is 27.3 Å². The summed E-state index contributed by atoms with van der Waals surface area (Å²) in [5, 5.41) is 2.90. The van der Waals surface area contributed by atoms with Crippen molar-refractivity contribution < 1.29 is 17.9 Å². The third-order valence-corrected chi connectivity index (χ3v) is 6.11. The van der Waals surface area contributed by atoms with E-state index in [1.165, 1.54) is 19.2 Å². The van der Waals surface area contributed by atoms with Gasteiger partial charge in [0, 0.05) is 11.3 Å². The molecule has 0 spiro atoms. The Morgan fingerprint density at radius 2 is 1.47 bits per heavy atom. The Labute approximate surface area is 177 Å². The summed E-state index contributed by atoms with van der Waals surface area (Å²) in [5.41, 5.74) is 4.33. The van der Waals surface area contributed by atoms with E-state index in [4.69, 9.17) is 4.74 Å². The number of carbonyl (C=O) groups is 1. The lowest BCUT2D eigenvalue weighted by atomic mass is 10.1. The van der Waals surface area contributed by atoms with Crippen molar-refractivity contribution in [3.8, 4) is 5.75 Å². The highest BCUT2D eigenvalue weighted by atomic mass is 32.2. The van der Waals surface area contributed by atoms with E-state index in [-0.39, 0.29) is 10.8 Å². The predicted octanol–water partition coefficient (Wildman–Crippen LogP) is 4.67. The third-order valence-electron chi connectivity index (χ3n) is 4.73. The van der Waals surface area contributed by atoms with Gasteiger partial charge in [-0.3, -0.25) is 9.52 Å². The normalized spacial score (nSPS) is 11.1. The molecule has 0 aliphatic carbocycles. The van der Waals surface area contributed by atoms with Gasteiger partial charge in [0.15, 0.2) is 0 Å². The first-order chi connectivity index (χ1) is 14.2. The largest absolute Gasteiger partial charge is 0.497 e. The second-order valence-corrected chi connectivity index (χ2v) is 8.77. The monoisotopic (exact) mass is 424 g/mol. The molecule has 0 saturated carbocycles. The zero-order valence-electron chi connectivity index (χ0n) is 17.3. The zero-order valence-corrected chi connectivity index (χ0v) is 18.1. The molecule has 3 rings (SSSR count). The Bertz CT molecular complexity index is 1190. The Balaban J connectivity index is 1.78. The first-order valence-electron chi connectivity index (χ1n) is 9.36. The van der Waals surface area contributed by atoms with E-state index in [2.05, 4.69) is 10.0 Å². The summed E-state index contributed by atoms with van der Waals surface area (Å²) in [5.74, 6) is 0.318. The molecule has 0 heterocycles. The molecule has 0 aliphatic heterocycles. The second kappa shape index (κ2) is 8.59. The van der Waals surface area contributed by atoms with Gasteiger partial charge in [0.05, 0.1) is 17.7 Å². The molecule has 3 aromatic carbocycles. The van der Waals surface area contributed by atoms with Crippen LogP contribution in [0.5, 0.6) is 5.75 Å². The first-order valence-corrected chi connectivity index (χ1v) is 10.8. The number of nitrogens with one attached hydrogen (secondary N) is 2. The van der Waals surface area contributed by atoms with Gasteiger partial charge in [-0.2, -0.15) is 0 Å². The van der Waals surface area contributed by atoms with Crippen molar-refractivity contribution in [1.29, 1.82) is 0 Å². The standard InChI is InChI=1S/C23H24N2O4S/c1-15-5-11-21(16(2)13-15)24-23(26)18-6-12-22(17(3)14-18)25-30(27,28)20-9-7-19(29-4)8-10-20/h5-14,25H,1-4H3,(H,24,26). The van der Waals surface area contributed by atoms with Gasteiger partial charge in [-0.05, 0) is 80.4 Å². The number of hydrogen-bond acceptors (Lipinski definition) is 4. The fourth-order valence-electron chi connectivity index (χ4n) is 3.03. The van der Waals surface area contributed by atoms with Gasteiger partial charge in [-0.25, -0.2) is 8.42 Å². The molecule has 6 nitrogen and oxygen atoms in total. The molecular weight excluding hydrogens is 400 g/mol. The average molecular weight is 425 g/mol. The van der Waals surface area contributed by atoms with E-state index in [9.17, 15) is 13.2 Å². The van der Waals surface area contributed by atoms with Crippen LogP contribution in [-0.4, -0.2) is 21.4 Å². The molecule has 0 aromatic heterocycles. The summed E-state index contributed by atoms with van der Waals surface area (Å²) in [6, 6.07) is 16.8. The average Bonchev–Trinajstić information content (AvgIpc) is 2.71. The number of aryl methyl sites for hydroxylation is 3. The summed E-state index contributed by atoms with van der Waals surface area (Å²) in [4.78, 5) is 12.7. The van der Waals surface area contributed by atoms with Gasteiger partial charge in [-0.15, -0.1) is 0 Å². The van der Waals surface area contributed by atoms with Gasteiger partial charge < -0.3 is 10.1 Å². The summed E-state index contributed by atoms with van der Waals surface area (Å²) in [7, 11) is -2.24. The highest BCUT2D eigenvalue weighted by Crippen LogP contribution is 2.23. The lowest BCUT2D eigenvalue weighted by Gasteiger charge is -2.13. The van der Waals surface area contributed by atoms with Crippen molar-refractivity contribution in [2.24, 2.45) is 0 Å². The fourth-order valence-corrected chi connectivity index (χ4v) is 4.16. The summed E-state index contributed by atoms with van der Waals surface area (Å²) in [6.07, 6.45) is 0. The van der Waals surface area contributed by atoms with Crippen LogP contribution >= 0.6 is 0 Å². The van der Waals surface area contributed by atoms with E-state index >= 15 is 0 Å². The van der Waals surface area contributed by atoms with Gasteiger partial charge in [0.2, 0.25) is 0 Å². The molecule has 0 saturated heterocycles. The number of benzene rings is 3. The van der Waals surface area contributed by atoms with Gasteiger partial charge in [0.1, 0.15) is 5.75 Å². The predicted molar refractivity (Wildman–Crippen MR) is 119 cm³/mol. The van der Waals surface area contributed by atoms with E-state index < -0.39 is 10.0 Å². The van der Waals surface area contributed by atoms with E-state index in [0.717, 1.165) is 16.8 Å². The molecule has 0 bridgehead atoms. The molecule has 3 aromatic rings. The second-order valence-electron chi connectivity index (χ2n) is 7.08. The van der Waals surface area contributed by atoms with Crippen LogP contribution in [-0.2, 0) is 10.0 Å². The van der Waals surface area contributed by atoms with Crippen LogP contribution in [0, 0.1) is 20.8 Å². The van der Waals surface area contributed by atoms with Gasteiger partial charge in [-0.1, -0.05) is 17.7 Å². The third kappa shape index (κ3) is 4.80. The first kappa shape index (κ1) is 21.4. The minimum absolute atomic E-state index is 0.124. The van der Waals surface area contributed by atoms with Crippen molar-refractivity contribution in [2.75, 3.05) is 17.1 Å². The number of amides is 1. The van der Waals surface area contributed by atoms with Gasteiger partial charge >= 0.3 is 0 Å². The molecule has 0 atom stereocenters. The number of hydrogen-bond donors (Lipinski definition) is 2. The quantitative estimate of drug-likeness (QED) is 0.602. The van der Waals surface area contributed by atoms with E-state index in [1.54, 1.807) is 37.3 Å². The maximum absolute atomic E-state index is 12.6. The minimum atomic E-state index is -3.76. The number of ether oxygens (including phenoxy) is 1. The summed E-state index contributed by atoms with van der Waals surface area (Å²) in [6.45, 7) is 5.68. The van der Waals surface area contributed by atoms with Crippen molar-refractivity contribution in [2.45, 2.75) is 25.7 Å². The van der Waals surface area contributed by atoms with Crippen LogP contribution in [0.1, 0.15) is 27.0 Å². The summed E-state index contributed by atoms with van der Waals surface area (Å²) < 4.78 is 32.9. The highest BCUT2D eigenvalue weighted by molar-refractivity contribution is 7.92. The smallest absolute Gasteiger partial charge is 0.261 e. The Hall–Kier alpha value is -3.32. The van der Waals surface area contributed by atoms with E-state index in [0.29, 0.717) is 22.6 Å². The zero-order chi connectivity index (χ0) is 21.9. The molecule has 156 valence electrons. The number of anilines is 2. The molecule has 1 amide bonds. The van der Waals surface area contributed by atoms with Gasteiger partial charge in [0.25, 0.3) is 15.9 Å². The van der Waals surface area contributed by atoms with Crippen molar-refractivity contribution in [3.05, 3.63) is 82.9 Å². The van der Waals surface area contributed by atoms with E-state index in [1.807, 2.05) is 32.0 Å². The molecule has 0 unspecified atom stereocenters.